The van der Waals surface area contributed by atoms with Gasteiger partial charge in [0.1, 0.15) is 5.69 Å². The number of halogens is 1. The van der Waals surface area contributed by atoms with Crippen LogP contribution in [0.25, 0.3) is 0 Å². The summed E-state index contributed by atoms with van der Waals surface area (Å²) in [6, 6.07) is 5.61. The first kappa shape index (κ1) is 26.5. The third-order valence-corrected chi connectivity index (χ3v) is 7.96. The standard InChI is InChI=1S/C27H35ClN6O4/c28-21-8-7-20(34-11-13-38-14-12-34)15-22(21)33-25(35)18-3-5-19(6-4-18)32-27(37)24-23(30-16-31-24)26(36)29-10-9-17-1-2-17/h7-8,15-19H,1-6,9-14H2,(H,29,36)(H,30,31)(H,32,37)(H,33,35). The van der Waals surface area contributed by atoms with Gasteiger partial charge in [0.15, 0.2) is 5.69 Å². The van der Waals surface area contributed by atoms with Gasteiger partial charge in [-0.05, 0) is 56.2 Å². The van der Waals surface area contributed by atoms with Crippen molar-refractivity contribution in [3.05, 3.63) is 40.9 Å². The van der Waals surface area contributed by atoms with Gasteiger partial charge in [0.25, 0.3) is 11.8 Å². The summed E-state index contributed by atoms with van der Waals surface area (Å²) in [5.74, 6) is -0.199. The van der Waals surface area contributed by atoms with Gasteiger partial charge in [-0.1, -0.05) is 24.4 Å². The van der Waals surface area contributed by atoms with E-state index in [1.807, 2.05) is 18.2 Å². The predicted molar refractivity (Wildman–Crippen MR) is 145 cm³/mol. The summed E-state index contributed by atoms with van der Waals surface area (Å²) in [5, 5.41) is 9.37. The molecular formula is C27H35ClN6O4. The fourth-order valence-corrected chi connectivity index (χ4v) is 5.30. The first-order chi connectivity index (χ1) is 18.5. The van der Waals surface area contributed by atoms with Gasteiger partial charge in [0, 0.05) is 37.3 Å². The number of anilines is 2. The van der Waals surface area contributed by atoms with Gasteiger partial charge in [-0.25, -0.2) is 4.98 Å². The van der Waals surface area contributed by atoms with Crippen LogP contribution in [-0.2, 0) is 9.53 Å². The lowest BCUT2D eigenvalue weighted by Gasteiger charge is -2.30. The molecule has 4 N–H and O–H groups in total. The van der Waals surface area contributed by atoms with E-state index in [0.717, 1.165) is 25.2 Å². The van der Waals surface area contributed by atoms with E-state index in [2.05, 4.69) is 30.8 Å². The average molecular weight is 543 g/mol. The Morgan fingerprint density at radius 1 is 1.05 bits per heavy atom. The third kappa shape index (κ3) is 6.66. The molecule has 1 aromatic carbocycles. The minimum Gasteiger partial charge on any atom is -0.378 e. The monoisotopic (exact) mass is 542 g/mol. The van der Waals surface area contributed by atoms with Crippen molar-refractivity contribution < 1.29 is 19.1 Å². The number of aromatic amines is 1. The molecular weight excluding hydrogens is 508 g/mol. The normalized spacial score (nSPS) is 21.6. The molecule has 3 amide bonds. The van der Waals surface area contributed by atoms with Gasteiger partial charge in [-0.3, -0.25) is 14.4 Å². The Hall–Kier alpha value is -3.11. The van der Waals surface area contributed by atoms with Crippen molar-refractivity contribution in [2.45, 2.75) is 51.0 Å². The molecule has 2 heterocycles. The Bertz CT molecular complexity index is 1150. The van der Waals surface area contributed by atoms with E-state index in [0.29, 0.717) is 62.1 Å². The second-order valence-corrected chi connectivity index (χ2v) is 10.8. The number of benzene rings is 1. The number of hydrogen-bond donors (Lipinski definition) is 4. The summed E-state index contributed by atoms with van der Waals surface area (Å²) in [6.45, 7) is 3.56. The highest BCUT2D eigenvalue weighted by Gasteiger charge is 2.29. The van der Waals surface area contributed by atoms with Crippen molar-refractivity contribution >= 4 is 40.7 Å². The molecule has 2 aromatic rings. The van der Waals surface area contributed by atoms with Crippen molar-refractivity contribution in [2.24, 2.45) is 11.8 Å². The number of hydrogen-bond acceptors (Lipinski definition) is 6. The van der Waals surface area contributed by atoms with Crippen molar-refractivity contribution in [1.29, 1.82) is 0 Å². The molecule has 5 rings (SSSR count). The molecule has 10 nitrogen and oxygen atoms in total. The SMILES string of the molecule is O=C(NC1CCC(C(=O)Nc2cc(N3CCOCC3)ccc2Cl)CC1)c1nc[nH]c1C(=O)NCCC1CC1. The predicted octanol–water partition coefficient (Wildman–Crippen LogP) is 3.36. The zero-order valence-corrected chi connectivity index (χ0v) is 22.2. The van der Waals surface area contributed by atoms with E-state index in [1.54, 1.807) is 0 Å². The van der Waals surface area contributed by atoms with E-state index >= 15 is 0 Å². The molecule has 0 atom stereocenters. The van der Waals surface area contributed by atoms with Gasteiger partial charge >= 0.3 is 0 Å². The van der Waals surface area contributed by atoms with Gasteiger partial charge in [0.05, 0.1) is 30.3 Å². The Morgan fingerprint density at radius 2 is 1.82 bits per heavy atom. The molecule has 1 aliphatic heterocycles. The van der Waals surface area contributed by atoms with Crippen LogP contribution >= 0.6 is 11.6 Å². The minimum atomic E-state index is -0.377. The first-order valence-electron chi connectivity index (χ1n) is 13.5. The lowest BCUT2D eigenvalue weighted by atomic mass is 9.85. The number of aromatic nitrogens is 2. The quantitative estimate of drug-likeness (QED) is 0.384. The summed E-state index contributed by atoms with van der Waals surface area (Å²) < 4.78 is 5.43. The molecule has 3 aliphatic rings. The number of nitrogens with zero attached hydrogens (tertiary/aromatic N) is 2. The van der Waals surface area contributed by atoms with Crippen molar-refractivity contribution in [3.63, 3.8) is 0 Å². The van der Waals surface area contributed by atoms with Gasteiger partial charge in [-0.2, -0.15) is 0 Å². The third-order valence-electron chi connectivity index (χ3n) is 7.63. The molecule has 2 saturated carbocycles. The zero-order valence-electron chi connectivity index (χ0n) is 21.4. The molecule has 204 valence electrons. The largest absolute Gasteiger partial charge is 0.378 e. The highest BCUT2D eigenvalue weighted by atomic mass is 35.5. The molecule has 0 bridgehead atoms. The molecule has 11 heteroatoms. The number of nitrogens with one attached hydrogen (secondary N) is 4. The highest BCUT2D eigenvalue weighted by Crippen LogP contribution is 2.32. The van der Waals surface area contributed by atoms with E-state index < -0.39 is 0 Å². The van der Waals surface area contributed by atoms with Crippen LogP contribution in [0.1, 0.15) is 65.9 Å². The van der Waals surface area contributed by atoms with Gasteiger partial charge < -0.3 is 30.6 Å². The minimum absolute atomic E-state index is 0.0618. The maximum absolute atomic E-state index is 13.0. The Morgan fingerprint density at radius 3 is 2.55 bits per heavy atom. The second kappa shape index (κ2) is 12.2. The summed E-state index contributed by atoms with van der Waals surface area (Å²) in [4.78, 5) is 47.5. The second-order valence-electron chi connectivity index (χ2n) is 10.4. The molecule has 0 radical (unpaired) electrons. The van der Waals surface area contributed by atoms with E-state index in [1.165, 1.54) is 19.2 Å². The molecule has 1 aromatic heterocycles. The molecule has 38 heavy (non-hydrogen) atoms. The Labute approximate surface area is 227 Å². The van der Waals surface area contributed by atoms with Crippen LogP contribution in [0, 0.1) is 11.8 Å². The number of carbonyl (C=O) groups is 3. The smallest absolute Gasteiger partial charge is 0.272 e. The number of amides is 3. The fourth-order valence-electron chi connectivity index (χ4n) is 5.14. The lowest BCUT2D eigenvalue weighted by molar-refractivity contribution is -0.120. The first-order valence-corrected chi connectivity index (χ1v) is 13.9. The summed E-state index contributed by atoms with van der Waals surface area (Å²) in [6.07, 6.45) is 7.41. The van der Waals surface area contributed by atoms with Crippen LogP contribution in [0.2, 0.25) is 5.02 Å². The fraction of sp³-hybridized carbons (Fsp3) is 0.556. The molecule has 2 aliphatic carbocycles. The number of imidazole rings is 1. The van der Waals surface area contributed by atoms with Crippen LogP contribution in [-0.4, -0.2) is 66.6 Å². The number of ether oxygens (including phenoxy) is 1. The Balaban J connectivity index is 1.10. The van der Waals surface area contributed by atoms with Crippen LogP contribution in [0.15, 0.2) is 24.5 Å². The van der Waals surface area contributed by atoms with Crippen LogP contribution in [0.4, 0.5) is 11.4 Å². The summed E-state index contributed by atoms with van der Waals surface area (Å²) in [7, 11) is 0. The van der Waals surface area contributed by atoms with E-state index in [9.17, 15) is 14.4 Å². The van der Waals surface area contributed by atoms with Crippen LogP contribution in [0.3, 0.4) is 0 Å². The average Bonchev–Trinajstić information content (AvgIpc) is 3.62. The molecule has 1 saturated heterocycles. The summed E-state index contributed by atoms with van der Waals surface area (Å²) >= 11 is 6.38. The molecule has 0 spiro atoms. The maximum Gasteiger partial charge on any atom is 0.272 e. The van der Waals surface area contributed by atoms with Gasteiger partial charge in [0.2, 0.25) is 5.91 Å². The maximum atomic E-state index is 13.0. The van der Waals surface area contributed by atoms with Crippen molar-refractivity contribution in [3.8, 4) is 0 Å². The molecule has 0 unspecified atom stereocenters. The highest BCUT2D eigenvalue weighted by molar-refractivity contribution is 6.33. The number of morpholine rings is 1. The van der Waals surface area contributed by atoms with E-state index in [-0.39, 0.29) is 41.1 Å². The van der Waals surface area contributed by atoms with E-state index in [4.69, 9.17) is 16.3 Å². The number of H-pyrrole nitrogens is 1. The van der Waals surface area contributed by atoms with Crippen molar-refractivity contribution in [1.82, 2.24) is 20.6 Å². The van der Waals surface area contributed by atoms with Crippen LogP contribution in [0.5, 0.6) is 0 Å². The number of carbonyl (C=O) groups excluding carboxylic acids is 3. The molecule has 3 fully saturated rings. The summed E-state index contributed by atoms with van der Waals surface area (Å²) in [5.41, 5.74) is 1.90. The lowest BCUT2D eigenvalue weighted by Crippen LogP contribution is -2.40. The van der Waals surface area contributed by atoms with Crippen molar-refractivity contribution in [2.75, 3.05) is 43.1 Å². The Kier molecular flexibility index (Phi) is 8.48. The zero-order chi connectivity index (χ0) is 26.5. The van der Waals surface area contributed by atoms with Gasteiger partial charge in [-0.15, -0.1) is 0 Å². The topological polar surface area (TPSA) is 128 Å². The number of rotatable bonds is 9. The van der Waals surface area contributed by atoms with Crippen LogP contribution < -0.4 is 20.9 Å².